The number of hydrogen-bond acceptors (Lipinski definition) is 8. The van der Waals surface area contributed by atoms with Gasteiger partial charge in [-0.25, -0.2) is 0 Å². The summed E-state index contributed by atoms with van der Waals surface area (Å²) in [5.41, 5.74) is 7.25. The number of aromatic hydroxyl groups is 1. The molecule has 1 unspecified atom stereocenters. The summed E-state index contributed by atoms with van der Waals surface area (Å²) in [5, 5.41) is 12.2. The van der Waals surface area contributed by atoms with Crippen LogP contribution in [0.2, 0.25) is 0 Å². The molecule has 1 atom stereocenters. The number of likely N-dealkylation sites (tertiary alicyclic amines) is 1. The van der Waals surface area contributed by atoms with E-state index in [-0.39, 0.29) is 24.7 Å². The Kier molecular flexibility index (Phi) is 11.8. The molecule has 0 aliphatic carbocycles. The fourth-order valence-electron chi connectivity index (χ4n) is 7.82. The molecule has 284 valence electrons. The van der Waals surface area contributed by atoms with Gasteiger partial charge in [-0.15, -0.1) is 0 Å². The molecule has 3 heterocycles. The SMILES string of the molecule is CC/C(=C(\c1ccc(O)cc1)c1ccc(OCCN2CCC(OCCCc3ccc4c(c3)C(=O)N(C3CCC(=O)NC3=O)C4=O)CC2)cc1)c1ccccc1. The maximum absolute atomic E-state index is 13.1. The van der Waals surface area contributed by atoms with Crippen LogP contribution in [0, 0.1) is 0 Å². The van der Waals surface area contributed by atoms with Crippen LogP contribution in [0.25, 0.3) is 11.1 Å². The number of amides is 4. The van der Waals surface area contributed by atoms with E-state index in [1.54, 1.807) is 24.3 Å². The third kappa shape index (κ3) is 8.71. The molecule has 0 spiro atoms. The molecule has 0 radical (unpaired) electrons. The largest absolute Gasteiger partial charge is 0.508 e. The van der Waals surface area contributed by atoms with Crippen molar-refractivity contribution >= 4 is 34.8 Å². The van der Waals surface area contributed by atoms with E-state index in [4.69, 9.17) is 9.47 Å². The molecule has 55 heavy (non-hydrogen) atoms. The summed E-state index contributed by atoms with van der Waals surface area (Å²) in [6.07, 6.45) is 4.68. The smallest absolute Gasteiger partial charge is 0.262 e. The summed E-state index contributed by atoms with van der Waals surface area (Å²) in [6, 6.07) is 30.4. The minimum Gasteiger partial charge on any atom is -0.508 e. The van der Waals surface area contributed by atoms with E-state index in [0.717, 1.165) is 78.2 Å². The van der Waals surface area contributed by atoms with Crippen molar-refractivity contribution < 1.29 is 33.8 Å². The molecule has 4 aromatic carbocycles. The van der Waals surface area contributed by atoms with Crippen molar-refractivity contribution in [1.82, 2.24) is 15.1 Å². The molecule has 2 saturated heterocycles. The van der Waals surface area contributed by atoms with E-state index in [1.165, 1.54) is 11.1 Å². The monoisotopic (exact) mass is 741 g/mol. The van der Waals surface area contributed by atoms with Crippen LogP contribution in [0.5, 0.6) is 11.5 Å². The zero-order valence-electron chi connectivity index (χ0n) is 31.2. The number of hydrogen-bond donors (Lipinski definition) is 2. The number of fused-ring (bicyclic) bond motifs is 1. The lowest BCUT2D eigenvalue weighted by Crippen LogP contribution is -2.54. The Hall–Kier alpha value is -5.58. The minimum absolute atomic E-state index is 0.0951. The number of carbonyl (C=O) groups is 4. The highest BCUT2D eigenvalue weighted by Crippen LogP contribution is 2.36. The van der Waals surface area contributed by atoms with Gasteiger partial charge in [0.25, 0.3) is 11.8 Å². The second-order valence-electron chi connectivity index (χ2n) is 14.3. The predicted molar refractivity (Wildman–Crippen MR) is 210 cm³/mol. The Labute approximate surface area is 321 Å². The second-order valence-corrected chi connectivity index (χ2v) is 14.3. The summed E-state index contributed by atoms with van der Waals surface area (Å²) >= 11 is 0. The molecule has 3 aliphatic rings. The molecule has 7 rings (SSSR count). The van der Waals surface area contributed by atoms with Gasteiger partial charge in [0.15, 0.2) is 0 Å². The van der Waals surface area contributed by atoms with Gasteiger partial charge in [0.05, 0.1) is 17.2 Å². The minimum atomic E-state index is -0.964. The Balaban J connectivity index is 0.845. The van der Waals surface area contributed by atoms with E-state index < -0.39 is 29.7 Å². The average molecular weight is 742 g/mol. The number of ether oxygens (including phenoxy) is 2. The Bertz CT molecular complexity index is 2050. The van der Waals surface area contributed by atoms with Gasteiger partial charge in [0.2, 0.25) is 11.8 Å². The number of phenolic OH excluding ortho intramolecular Hbond substituents is 1. The molecule has 10 heteroatoms. The lowest BCUT2D eigenvalue weighted by atomic mass is 9.88. The number of phenols is 1. The van der Waals surface area contributed by atoms with Gasteiger partial charge in [0.1, 0.15) is 24.1 Å². The summed E-state index contributed by atoms with van der Waals surface area (Å²) in [6.45, 7) is 6.09. The summed E-state index contributed by atoms with van der Waals surface area (Å²) < 4.78 is 12.4. The molecule has 0 aromatic heterocycles. The first-order chi connectivity index (χ1) is 26.8. The lowest BCUT2D eigenvalue weighted by molar-refractivity contribution is -0.136. The van der Waals surface area contributed by atoms with Crippen molar-refractivity contribution in [3.8, 4) is 11.5 Å². The maximum atomic E-state index is 13.1. The first-order valence-corrected chi connectivity index (χ1v) is 19.3. The van der Waals surface area contributed by atoms with Crippen LogP contribution >= 0.6 is 0 Å². The van der Waals surface area contributed by atoms with Crippen molar-refractivity contribution in [3.63, 3.8) is 0 Å². The summed E-state index contributed by atoms with van der Waals surface area (Å²) in [5.74, 6) is -0.900. The van der Waals surface area contributed by atoms with Crippen LogP contribution in [-0.2, 0) is 20.7 Å². The van der Waals surface area contributed by atoms with Gasteiger partial charge in [-0.1, -0.05) is 67.6 Å². The van der Waals surface area contributed by atoms with Crippen molar-refractivity contribution in [3.05, 3.63) is 130 Å². The van der Waals surface area contributed by atoms with E-state index >= 15 is 0 Å². The molecule has 0 bridgehead atoms. The Morgan fingerprint density at radius 3 is 2.16 bits per heavy atom. The second kappa shape index (κ2) is 17.3. The summed E-state index contributed by atoms with van der Waals surface area (Å²) in [7, 11) is 0. The molecule has 2 fully saturated rings. The van der Waals surface area contributed by atoms with Gasteiger partial charge in [-0.3, -0.25) is 34.3 Å². The predicted octanol–water partition coefficient (Wildman–Crippen LogP) is 6.66. The first kappa shape index (κ1) is 37.7. The lowest BCUT2D eigenvalue weighted by Gasteiger charge is -2.31. The molecular formula is C45H47N3O7. The summed E-state index contributed by atoms with van der Waals surface area (Å²) in [4.78, 5) is 53.4. The van der Waals surface area contributed by atoms with E-state index in [2.05, 4.69) is 53.5 Å². The molecular weight excluding hydrogens is 695 g/mol. The van der Waals surface area contributed by atoms with Crippen molar-refractivity contribution in [2.45, 2.75) is 64.0 Å². The fraction of sp³-hybridized carbons (Fsp3) is 0.333. The van der Waals surface area contributed by atoms with Crippen LogP contribution in [0.4, 0.5) is 0 Å². The van der Waals surface area contributed by atoms with E-state index in [9.17, 15) is 24.3 Å². The van der Waals surface area contributed by atoms with Crippen LogP contribution in [0.3, 0.4) is 0 Å². The molecule has 3 aliphatic heterocycles. The number of piperidine rings is 2. The van der Waals surface area contributed by atoms with Gasteiger partial charge >= 0.3 is 0 Å². The number of imide groups is 2. The van der Waals surface area contributed by atoms with Crippen LogP contribution in [0.15, 0.2) is 97.1 Å². The Morgan fingerprint density at radius 2 is 1.47 bits per heavy atom. The fourth-order valence-corrected chi connectivity index (χ4v) is 7.82. The zero-order valence-corrected chi connectivity index (χ0v) is 31.2. The third-order valence-corrected chi connectivity index (χ3v) is 10.8. The highest BCUT2D eigenvalue weighted by atomic mass is 16.5. The number of benzene rings is 4. The molecule has 10 nitrogen and oxygen atoms in total. The average Bonchev–Trinajstić information content (AvgIpc) is 3.45. The molecule has 4 aromatic rings. The van der Waals surface area contributed by atoms with Gasteiger partial charge in [-0.05, 0) is 108 Å². The van der Waals surface area contributed by atoms with E-state index in [0.29, 0.717) is 30.8 Å². The van der Waals surface area contributed by atoms with Crippen molar-refractivity contribution in [2.75, 3.05) is 32.8 Å². The highest BCUT2D eigenvalue weighted by Gasteiger charge is 2.44. The van der Waals surface area contributed by atoms with Crippen LogP contribution in [-0.4, -0.2) is 83.5 Å². The maximum Gasteiger partial charge on any atom is 0.262 e. The number of nitrogens with zero attached hydrogens (tertiary/aromatic N) is 2. The number of carbonyl (C=O) groups excluding carboxylic acids is 4. The normalized spacial score (nSPS) is 18.3. The third-order valence-electron chi connectivity index (χ3n) is 10.8. The number of aryl methyl sites for hydroxylation is 1. The number of allylic oxidation sites excluding steroid dienone is 1. The first-order valence-electron chi connectivity index (χ1n) is 19.3. The van der Waals surface area contributed by atoms with Gasteiger partial charge in [-0.2, -0.15) is 0 Å². The van der Waals surface area contributed by atoms with Gasteiger partial charge < -0.3 is 14.6 Å². The standard InChI is InChI=1S/C45H47N3O7/c1-2-37(31-8-4-3-5-9-31)42(32-11-15-34(49)16-12-32)33-13-17-35(18-14-33)55-28-26-47-24-22-36(23-25-47)54-27-6-7-30-10-19-38-39(29-30)45(53)48(44(38)52)40-20-21-41(50)46-43(40)51/h3-5,8-19,29,36,40,49H,2,6-7,20-28H2,1H3,(H,46,50,51)/b42-37-. The van der Waals surface area contributed by atoms with Crippen LogP contribution < -0.4 is 10.1 Å². The van der Waals surface area contributed by atoms with E-state index in [1.807, 2.05) is 36.4 Å². The Morgan fingerprint density at radius 1 is 0.782 bits per heavy atom. The number of rotatable bonds is 14. The van der Waals surface area contributed by atoms with Gasteiger partial charge in [0, 0.05) is 32.7 Å². The molecule has 2 N–H and O–H groups in total. The molecule has 0 saturated carbocycles. The topological polar surface area (TPSA) is 125 Å². The molecule has 4 amide bonds. The van der Waals surface area contributed by atoms with Crippen molar-refractivity contribution in [2.24, 2.45) is 0 Å². The quantitative estimate of drug-likeness (QED) is 0.0836. The number of nitrogens with one attached hydrogen (secondary N) is 1. The highest BCUT2D eigenvalue weighted by molar-refractivity contribution is 6.23. The van der Waals surface area contributed by atoms with Crippen LogP contribution in [0.1, 0.15) is 88.4 Å². The zero-order chi connectivity index (χ0) is 38.3. The van der Waals surface area contributed by atoms with Crippen molar-refractivity contribution in [1.29, 1.82) is 0 Å².